The molecule has 7 heteroatoms. The van der Waals surface area contributed by atoms with Gasteiger partial charge in [0.05, 0.1) is 12.3 Å². The van der Waals surface area contributed by atoms with Crippen LogP contribution in [-0.4, -0.2) is 39.2 Å². The lowest BCUT2D eigenvalue weighted by molar-refractivity contribution is 0.0773. The number of benzene rings is 2. The van der Waals surface area contributed by atoms with Crippen LogP contribution in [0.15, 0.2) is 48.5 Å². The molecule has 0 unspecified atom stereocenters. The summed E-state index contributed by atoms with van der Waals surface area (Å²) in [6, 6.07) is 14.9. The summed E-state index contributed by atoms with van der Waals surface area (Å²) < 4.78 is 7.07. The molecule has 0 aliphatic carbocycles. The van der Waals surface area contributed by atoms with Gasteiger partial charge in [0.1, 0.15) is 11.6 Å². The standard InChI is InChI=1S/C20H21ClN4O2/c1-4-27-18-11-5-15(6-12-18)13-24(3)20(26)19-22-14(2)25(23-19)17-9-7-16(21)8-10-17/h5-12H,4,13H2,1-3H3. The minimum atomic E-state index is -0.236. The number of aryl methyl sites for hydroxylation is 1. The first-order valence-corrected chi connectivity index (χ1v) is 9.02. The van der Waals surface area contributed by atoms with Crippen LogP contribution >= 0.6 is 11.6 Å². The Labute approximate surface area is 163 Å². The molecular formula is C20H21ClN4O2. The highest BCUT2D eigenvalue weighted by atomic mass is 35.5. The smallest absolute Gasteiger partial charge is 0.293 e. The molecule has 0 spiro atoms. The summed E-state index contributed by atoms with van der Waals surface area (Å²) in [7, 11) is 1.73. The minimum Gasteiger partial charge on any atom is -0.494 e. The number of hydrogen-bond donors (Lipinski definition) is 0. The number of hydrogen-bond acceptors (Lipinski definition) is 4. The van der Waals surface area contributed by atoms with Gasteiger partial charge in [0.25, 0.3) is 5.91 Å². The number of amides is 1. The van der Waals surface area contributed by atoms with Crippen LogP contribution in [-0.2, 0) is 6.54 Å². The maximum atomic E-state index is 12.7. The van der Waals surface area contributed by atoms with Gasteiger partial charge in [-0.1, -0.05) is 23.7 Å². The molecule has 0 N–H and O–H groups in total. The molecule has 0 radical (unpaired) electrons. The number of nitrogens with zero attached hydrogens (tertiary/aromatic N) is 4. The summed E-state index contributed by atoms with van der Waals surface area (Å²) in [5.74, 6) is 1.37. The van der Waals surface area contributed by atoms with E-state index in [4.69, 9.17) is 16.3 Å². The van der Waals surface area contributed by atoms with Crippen molar-refractivity contribution in [3.05, 3.63) is 70.8 Å². The van der Waals surface area contributed by atoms with E-state index < -0.39 is 0 Å². The third-order valence-corrected chi connectivity index (χ3v) is 4.28. The molecule has 1 heterocycles. The maximum Gasteiger partial charge on any atom is 0.293 e. The van der Waals surface area contributed by atoms with Crippen molar-refractivity contribution in [1.82, 2.24) is 19.7 Å². The Balaban J connectivity index is 1.73. The normalized spacial score (nSPS) is 10.7. The molecule has 3 rings (SSSR count). The molecule has 0 saturated heterocycles. The quantitative estimate of drug-likeness (QED) is 0.646. The van der Waals surface area contributed by atoms with Gasteiger partial charge in [-0.05, 0) is 55.8 Å². The SMILES string of the molecule is CCOc1ccc(CN(C)C(=O)c2nc(C)n(-c3ccc(Cl)cc3)n2)cc1. The molecule has 0 aliphatic heterocycles. The highest BCUT2D eigenvalue weighted by Gasteiger charge is 2.19. The van der Waals surface area contributed by atoms with Crippen LogP contribution in [0.1, 0.15) is 28.9 Å². The second kappa shape index (κ2) is 8.22. The average molecular weight is 385 g/mol. The molecular weight excluding hydrogens is 364 g/mol. The van der Waals surface area contributed by atoms with E-state index in [1.807, 2.05) is 50.2 Å². The van der Waals surface area contributed by atoms with Crippen LogP contribution in [0.5, 0.6) is 5.75 Å². The first-order chi connectivity index (χ1) is 13.0. The van der Waals surface area contributed by atoms with Crippen molar-refractivity contribution in [2.45, 2.75) is 20.4 Å². The van der Waals surface area contributed by atoms with Gasteiger partial charge >= 0.3 is 0 Å². The molecule has 0 fully saturated rings. The van der Waals surface area contributed by atoms with Crippen molar-refractivity contribution in [2.24, 2.45) is 0 Å². The monoisotopic (exact) mass is 384 g/mol. The zero-order valence-corrected chi connectivity index (χ0v) is 16.3. The van der Waals surface area contributed by atoms with Crippen molar-refractivity contribution < 1.29 is 9.53 Å². The first-order valence-electron chi connectivity index (χ1n) is 8.64. The molecule has 0 aliphatic rings. The van der Waals surface area contributed by atoms with Gasteiger partial charge in [-0.15, -0.1) is 5.10 Å². The third kappa shape index (κ3) is 4.46. The zero-order chi connectivity index (χ0) is 19.4. The van der Waals surface area contributed by atoms with E-state index in [-0.39, 0.29) is 11.7 Å². The summed E-state index contributed by atoms with van der Waals surface area (Å²) >= 11 is 5.93. The number of aromatic nitrogens is 3. The van der Waals surface area contributed by atoms with E-state index in [0.717, 1.165) is 17.0 Å². The number of carbonyl (C=O) groups is 1. The van der Waals surface area contributed by atoms with Gasteiger partial charge in [0.15, 0.2) is 0 Å². The van der Waals surface area contributed by atoms with Gasteiger partial charge in [0, 0.05) is 18.6 Å². The second-order valence-corrected chi connectivity index (χ2v) is 6.55. The van der Waals surface area contributed by atoms with Crippen molar-refractivity contribution in [1.29, 1.82) is 0 Å². The molecule has 0 bridgehead atoms. The van der Waals surface area contributed by atoms with Crippen LogP contribution in [0.2, 0.25) is 5.02 Å². The van der Waals surface area contributed by atoms with Gasteiger partial charge < -0.3 is 9.64 Å². The molecule has 140 valence electrons. The van der Waals surface area contributed by atoms with E-state index in [0.29, 0.717) is 24.0 Å². The van der Waals surface area contributed by atoms with Gasteiger partial charge in [0.2, 0.25) is 5.82 Å². The fraction of sp³-hybridized carbons (Fsp3) is 0.250. The number of rotatable bonds is 6. The minimum absolute atomic E-state index is 0.163. The third-order valence-electron chi connectivity index (χ3n) is 4.03. The molecule has 3 aromatic rings. The lowest BCUT2D eigenvalue weighted by Crippen LogP contribution is -2.27. The summed E-state index contributed by atoms with van der Waals surface area (Å²) in [5, 5.41) is 5.00. The summed E-state index contributed by atoms with van der Waals surface area (Å²) in [4.78, 5) is 18.6. The fourth-order valence-electron chi connectivity index (χ4n) is 2.68. The van der Waals surface area contributed by atoms with E-state index >= 15 is 0 Å². The van der Waals surface area contributed by atoms with E-state index in [9.17, 15) is 4.79 Å². The Morgan fingerprint density at radius 3 is 2.44 bits per heavy atom. The summed E-state index contributed by atoms with van der Waals surface area (Å²) in [6.45, 7) is 4.84. The van der Waals surface area contributed by atoms with E-state index in [2.05, 4.69) is 10.1 Å². The van der Waals surface area contributed by atoms with Crippen LogP contribution in [0.25, 0.3) is 5.69 Å². The van der Waals surface area contributed by atoms with Crippen molar-refractivity contribution in [3.8, 4) is 11.4 Å². The van der Waals surface area contributed by atoms with Gasteiger partial charge in [-0.2, -0.15) is 0 Å². The molecule has 1 amide bonds. The Hall–Kier alpha value is -2.86. The topological polar surface area (TPSA) is 60.2 Å². The highest BCUT2D eigenvalue weighted by molar-refractivity contribution is 6.30. The lowest BCUT2D eigenvalue weighted by atomic mass is 10.2. The van der Waals surface area contributed by atoms with Crippen molar-refractivity contribution in [2.75, 3.05) is 13.7 Å². The van der Waals surface area contributed by atoms with Crippen LogP contribution in [0.4, 0.5) is 0 Å². The zero-order valence-electron chi connectivity index (χ0n) is 15.5. The maximum absolute atomic E-state index is 12.7. The first kappa shape index (κ1) is 18.9. The Morgan fingerprint density at radius 2 is 1.81 bits per heavy atom. The van der Waals surface area contributed by atoms with Gasteiger partial charge in [-0.3, -0.25) is 4.79 Å². The molecule has 0 atom stereocenters. The van der Waals surface area contributed by atoms with Crippen LogP contribution < -0.4 is 4.74 Å². The lowest BCUT2D eigenvalue weighted by Gasteiger charge is -2.15. The Kier molecular flexibility index (Phi) is 5.76. The van der Waals surface area contributed by atoms with Crippen LogP contribution in [0.3, 0.4) is 0 Å². The predicted molar refractivity (Wildman–Crippen MR) is 105 cm³/mol. The van der Waals surface area contributed by atoms with Crippen molar-refractivity contribution in [3.63, 3.8) is 0 Å². The highest BCUT2D eigenvalue weighted by Crippen LogP contribution is 2.16. The van der Waals surface area contributed by atoms with Crippen molar-refractivity contribution >= 4 is 17.5 Å². The van der Waals surface area contributed by atoms with Crippen LogP contribution in [0, 0.1) is 6.92 Å². The molecule has 27 heavy (non-hydrogen) atoms. The summed E-state index contributed by atoms with van der Waals surface area (Å²) in [6.07, 6.45) is 0. The summed E-state index contributed by atoms with van der Waals surface area (Å²) in [5.41, 5.74) is 1.81. The average Bonchev–Trinajstić information content (AvgIpc) is 3.05. The second-order valence-electron chi connectivity index (χ2n) is 6.11. The number of halogens is 1. The Morgan fingerprint density at radius 1 is 1.15 bits per heavy atom. The van der Waals surface area contributed by atoms with Gasteiger partial charge in [-0.25, -0.2) is 9.67 Å². The van der Waals surface area contributed by atoms with E-state index in [1.165, 1.54) is 0 Å². The molecule has 2 aromatic carbocycles. The molecule has 6 nitrogen and oxygen atoms in total. The predicted octanol–water partition coefficient (Wildman–Crippen LogP) is 3.90. The van der Waals surface area contributed by atoms with E-state index in [1.54, 1.807) is 28.8 Å². The Bertz CT molecular complexity index is 920. The largest absolute Gasteiger partial charge is 0.494 e. The molecule has 1 aromatic heterocycles. The number of ether oxygens (including phenoxy) is 1. The molecule has 0 saturated carbocycles. The fourth-order valence-corrected chi connectivity index (χ4v) is 2.81. The number of carbonyl (C=O) groups excluding carboxylic acids is 1.